The van der Waals surface area contributed by atoms with Gasteiger partial charge in [0.05, 0.1) is 10.7 Å². The molecule has 0 unspecified atom stereocenters. The van der Waals surface area contributed by atoms with Gasteiger partial charge in [0.25, 0.3) is 5.69 Å². The number of nitrogens with one attached hydrogen (secondary N) is 1. The summed E-state index contributed by atoms with van der Waals surface area (Å²) in [4.78, 5) is 24.2. The Bertz CT molecular complexity index is 1060. The largest absolute Gasteiger partial charge is 0.320 e. The Balaban J connectivity index is 1.72. The van der Waals surface area contributed by atoms with Crippen LogP contribution in [0.15, 0.2) is 53.5 Å². The third-order valence-electron chi connectivity index (χ3n) is 4.14. The average Bonchev–Trinajstić information content (AvgIpc) is 3.34. The molecule has 1 N–H and O–H groups in total. The first-order valence-corrected chi connectivity index (χ1v) is 11.2. The van der Waals surface area contributed by atoms with E-state index < -0.39 is 4.92 Å². The van der Waals surface area contributed by atoms with Crippen molar-refractivity contribution < 1.29 is 9.72 Å². The number of hydrogen-bond donors (Lipinski definition) is 1. The molecule has 8 nitrogen and oxygen atoms in total. The predicted octanol–water partition coefficient (Wildman–Crippen LogP) is 4.78. The molecule has 0 fully saturated rings. The third kappa shape index (κ3) is 5.14. The van der Waals surface area contributed by atoms with Gasteiger partial charge in [0.15, 0.2) is 11.0 Å². The van der Waals surface area contributed by atoms with Gasteiger partial charge >= 0.3 is 0 Å². The van der Waals surface area contributed by atoms with Crippen molar-refractivity contribution in [2.24, 2.45) is 0 Å². The number of nitro benzene ring substituents is 1. The SMILES string of the molecule is C=CCn1c(SCC(=O)Nc2ccccc2[N+](=O)[O-])nnc1-c1csc(CCC)c1. The van der Waals surface area contributed by atoms with Crippen molar-refractivity contribution in [3.8, 4) is 11.4 Å². The summed E-state index contributed by atoms with van der Waals surface area (Å²) < 4.78 is 1.91. The van der Waals surface area contributed by atoms with Crippen molar-refractivity contribution in [1.29, 1.82) is 0 Å². The number of carbonyl (C=O) groups is 1. The number of anilines is 1. The Labute approximate surface area is 182 Å². The lowest BCUT2D eigenvalue weighted by molar-refractivity contribution is -0.383. The molecule has 0 saturated heterocycles. The quantitative estimate of drug-likeness (QED) is 0.209. The molecule has 0 aliphatic carbocycles. The topological polar surface area (TPSA) is 103 Å². The number of thiophene rings is 1. The van der Waals surface area contributed by atoms with Gasteiger partial charge in [0.1, 0.15) is 5.69 Å². The van der Waals surface area contributed by atoms with Crippen LogP contribution in [0.1, 0.15) is 18.2 Å². The molecule has 3 aromatic rings. The lowest BCUT2D eigenvalue weighted by Gasteiger charge is -2.08. The van der Waals surface area contributed by atoms with Crippen LogP contribution in [0, 0.1) is 10.1 Å². The molecule has 156 valence electrons. The second kappa shape index (κ2) is 10.2. The van der Waals surface area contributed by atoms with E-state index in [0.29, 0.717) is 11.7 Å². The molecule has 0 radical (unpaired) electrons. The molecule has 1 aromatic carbocycles. The molecule has 1 amide bonds. The number of carbonyl (C=O) groups excluding carboxylic acids is 1. The van der Waals surface area contributed by atoms with Crippen molar-refractivity contribution in [3.05, 3.63) is 63.4 Å². The third-order valence-corrected chi connectivity index (χ3v) is 6.11. The number of aromatic nitrogens is 3. The summed E-state index contributed by atoms with van der Waals surface area (Å²) in [6.45, 7) is 6.45. The molecular weight excluding hydrogens is 422 g/mol. The molecule has 0 aliphatic heterocycles. The summed E-state index contributed by atoms with van der Waals surface area (Å²) >= 11 is 2.92. The normalized spacial score (nSPS) is 10.7. The van der Waals surface area contributed by atoms with Crippen LogP contribution in [-0.4, -0.2) is 31.3 Å². The van der Waals surface area contributed by atoms with Gasteiger partial charge in [-0.1, -0.05) is 43.3 Å². The molecule has 3 rings (SSSR count). The Hall–Kier alpha value is -2.98. The minimum atomic E-state index is -0.524. The van der Waals surface area contributed by atoms with Crippen molar-refractivity contribution >= 4 is 40.4 Å². The number of rotatable bonds is 10. The lowest BCUT2D eigenvalue weighted by Crippen LogP contribution is -2.15. The summed E-state index contributed by atoms with van der Waals surface area (Å²) in [5.41, 5.74) is 1.02. The summed E-state index contributed by atoms with van der Waals surface area (Å²) in [5, 5.41) is 24.9. The highest BCUT2D eigenvalue weighted by Crippen LogP contribution is 2.29. The Kier molecular flexibility index (Phi) is 7.36. The number of nitro groups is 1. The van der Waals surface area contributed by atoms with Gasteiger partial charge in [-0.15, -0.1) is 28.1 Å². The Morgan fingerprint density at radius 2 is 2.20 bits per heavy atom. The first-order chi connectivity index (χ1) is 14.5. The van der Waals surface area contributed by atoms with Gasteiger partial charge in [-0.05, 0) is 18.6 Å². The lowest BCUT2D eigenvalue weighted by atomic mass is 10.2. The molecule has 10 heteroatoms. The zero-order valence-corrected chi connectivity index (χ0v) is 18.0. The van der Waals surface area contributed by atoms with E-state index in [1.54, 1.807) is 29.5 Å². The fourth-order valence-electron chi connectivity index (χ4n) is 2.83. The number of hydrogen-bond acceptors (Lipinski definition) is 7. The number of nitrogens with zero attached hydrogens (tertiary/aromatic N) is 4. The van der Waals surface area contributed by atoms with Gasteiger partial charge in [0, 0.05) is 28.4 Å². The number of aryl methyl sites for hydroxylation is 1. The first-order valence-electron chi connectivity index (χ1n) is 9.31. The van der Waals surface area contributed by atoms with Crippen molar-refractivity contribution in [1.82, 2.24) is 14.8 Å². The first kappa shape index (κ1) is 21.7. The van der Waals surface area contributed by atoms with Gasteiger partial charge in [-0.2, -0.15) is 0 Å². The van der Waals surface area contributed by atoms with E-state index in [4.69, 9.17) is 0 Å². The summed E-state index contributed by atoms with van der Waals surface area (Å²) in [6.07, 6.45) is 3.85. The second-order valence-corrected chi connectivity index (χ2v) is 8.31. The van der Waals surface area contributed by atoms with E-state index in [-0.39, 0.29) is 23.0 Å². The summed E-state index contributed by atoms with van der Waals surface area (Å²) in [7, 11) is 0. The van der Waals surface area contributed by atoms with Gasteiger partial charge in [-0.3, -0.25) is 19.5 Å². The molecular formula is C20H21N5O3S2. The van der Waals surface area contributed by atoms with Gasteiger partial charge in [-0.25, -0.2) is 0 Å². The van der Waals surface area contributed by atoms with Crippen LogP contribution >= 0.6 is 23.1 Å². The number of benzene rings is 1. The van der Waals surface area contributed by atoms with Crippen LogP contribution < -0.4 is 5.32 Å². The summed E-state index contributed by atoms with van der Waals surface area (Å²) in [5.74, 6) is 0.423. The number of amides is 1. The standard InChI is InChI=1S/C20H21N5O3S2/c1-3-7-15-11-14(12-29-15)19-22-23-20(24(19)10-4-2)30-13-18(26)21-16-8-5-6-9-17(16)25(27)28/h4-6,8-9,11-12H,2-3,7,10,13H2,1H3,(H,21,26). The fraction of sp³-hybridized carbons (Fsp3) is 0.250. The van der Waals surface area contributed by atoms with Crippen LogP contribution in [0.5, 0.6) is 0 Å². The van der Waals surface area contributed by atoms with Crippen LogP contribution in [0.25, 0.3) is 11.4 Å². The molecule has 0 spiro atoms. The fourth-order valence-corrected chi connectivity index (χ4v) is 4.55. The number of thioether (sulfide) groups is 1. The monoisotopic (exact) mass is 443 g/mol. The van der Waals surface area contributed by atoms with Gasteiger partial charge in [0.2, 0.25) is 5.91 Å². The molecule has 0 saturated carbocycles. The highest BCUT2D eigenvalue weighted by molar-refractivity contribution is 7.99. The highest BCUT2D eigenvalue weighted by Gasteiger charge is 2.18. The Morgan fingerprint density at radius 1 is 1.40 bits per heavy atom. The number of para-hydroxylation sites is 2. The van der Waals surface area contributed by atoms with E-state index in [1.807, 2.05) is 4.57 Å². The average molecular weight is 444 g/mol. The van der Waals surface area contributed by atoms with Crippen molar-refractivity contribution in [2.75, 3.05) is 11.1 Å². The maximum absolute atomic E-state index is 12.4. The molecule has 0 atom stereocenters. The number of allylic oxidation sites excluding steroid dienone is 1. The van der Waals surface area contributed by atoms with E-state index >= 15 is 0 Å². The van der Waals surface area contributed by atoms with E-state index in [0.717, 1.165) is 24.2 Å². The maximum atomic E-state index is 12.4. The molecule has 0 bridgehead atoms. The Morgan fingerprint density at radius 3 is 2.93 bits per heavy atom. The molecule has 30 heavy (non-hydrogen) atoms. The second-order valence-electron chi connectivity index (χ2n) is 6.37. The predicted molar refractivity (Wildman–Crippen MR) is 120 cm³/mol. The van der Waals surface area contributed by atoms with Crippen molar-refractivity contribution in [3.63, 3.8) is 0 Å². The summed E-state index contributed by atoms with van der Waals surface area (Å²) in [6, 6.07) is 8.16. The van der Waals surface area contributed by atoms with E-state index in [1.165, 1.54) is 28.8 Å². The molecule has 0 aliphatic rings. The highest BCUT2D eigenvalue weighted by atomic mass is 32.2. The smallest absolute Gasteiger partial charge is 0.292 e. The maximum Gasteiger partial charge on any atom is 0.292 e. The van der Waals surface area contributed by atoms with Crippen LogP contribution in [-0.2, 0) is 17.8 Å². The van der Waals surface area contributed by atoms with Crippen LogP contribution in [0.3, 0.4) is 0 Å². The molecule has 2 heterocycles. The minimum absolute atomic E-state index is 0.0477. The van der Waals surface area contributed by atoms with Gasteiger partial charge < -0.3 is 5.32 Å². The van der Waals surface area contributed by atoms with Crippen LogP contribution in [0.4, 0.5) is 11.4 Å². The molecule has 2 aromatic heterocycles. The van der Waals surface area contributed by atoms with E-state index in [2.05, 4.69) is 40.5 Å². The van der Waals surface area contributed by atoms with Crippen LogP contribution in [0.2, 0.25) is 0 Å². The zero-order chi connectivity index (χ0) is 21.5. The zero-order valence-electron chi connectivity index (χ0n) is 16.4. The minimum Gasteiger partial charge on any atom is -0.320 e. The van der Waals surface area contributed by atoms with E-state index in [9.17, 15) is 14.9 Å². The van der Waals surface area contributed by atoms with Crippen molar-refractivity contribution in [2.45, 2.75) is 31.5 Å².